The van der Waals surface area contributed by atoms with Crippen molar-refractivity contribution in [3.8, 4) is 5.75 Å². The van der Waals surface area contributed by atoms with Crippen LogP contribution in [0.4, 0.5) is 0 Å². The number of aromatic nitrogens is 2. The van der Waals surface area contributed by atoms with Gasteiger partial charge in [0.15, 0.2) is 0 Å². The van der Waals surface area contributed by atoms with Gasteiger partial charge in [-0.1, -0.05) is 0 Å². The Bertz CT molecular complexity index is 494. The molecule has 0 bridgehead atoms. The van der Waals surface area contributed by atoms with Crippen molar-refractivity contribution in [2.45, 2.75) is 18.9 Å². The zero-order valence-electron chi connectivity index (χ0n) is 10.6. The monoisotopic (exact) mass is 266 g/mol. The third-order valence-corrected chi connectivity index (χ3v) is 3.98. The third kappa shape index (κ3) is 2.72. The van der Waals surface area contributed by atoms with Crippen LogP contribution in [-0.2, 0) is 13.5 Å². The predicted molar refractivity (Wildman–Crippen MR) is 72.5 cm³/mol. The van der Waals surface area contributed by atoms with E-state index >= 15 is 0 Å². The number of methoxy groups -OCH3 is 1. The molecular weight excluding hydrogens is 248 g/mol. The molecule has 2 heterocycles. The number of rotatable bonds is 6. The van der Waals surface area contributed by atoms with E-state index in [1.54, 1.807) is 18.4 Å². The van der Waals surface area contributed by atoms with Gasteiger partial charge in [0.05, 0.1) is 18.0 Å². The van der Waals surface area contributed by atoms with Crippen LogP contribution in [0.3, 0.4) is 0 Å². The topological polar surface area (TPSA) is 65.1 Å². The average molecular weight is 266 g/mol. The number of nitrogens with zero attached hydrogens (tertiary/aromatic N) is 2. The Balaban J connectivity index is 2.04. The van der Waals surface area contributed by atoms with Crippen LogP contribution in [0.2, 0.25) is 0 Å². The number of hydrogen-bond donors (Lipinski definition) is 2. The van der Waals surface area contributed by atoms with E-state index < -0.39 is 0 Å². The molecule has 3 N–H and O–H groups in total. The Kier molecular flexibility index (Phi) is 4.35. The first kappa shape index (κ1) is 13.1. The largest absolute Gasteiger partial charge is 0.496 e. The number of nitrogens with one attached hydrogen (secondary N) is 1. The summed E-state index contributed by atoms with van der Waals surface area (Å²) in [5.74, 6) is 7.59. The highest BCUT2D eigenvalue weighted by molar-refractivity contribution is 7.10. The number of thiophene rings is 1. The first-order chi connectivity index (χ1) is 8.76. The molecule has 0 aliphatic heterocycles. The second-order valence-electron chi connectivity index (χ2n) is 4.07. The van der Waals surface area contributed by atoms with E-state index in [9.17, 15) is 0 Å². The summed E-state index contributed by atoms with van der Waals surface area (Å²) in [6.45, 7) is 0. The minimum absolute atomic E-state index is 0.0941. The zero-order valence-corrected chi connectivity index (χ0v) is 11.4. The highest BCUT2D eigenvalue weighted by atomic mass is 32.1. The molecule has 0 spiro atoms. The van der Waals surface area contributed by atoms with Gasteiger partial charge in [0.25, 0.3) is 0 Å². The van der Waals surface area contributed by atoms with Crippen molar-refractivity contribution in [3.63, 3.8) is 0 Å². The summed E-state index contributed by atoms with van der Waals surface area (Å²) < 4.78 is 7.35. The number of nitrogens with two attached hydrogens (primary N) is 1. The van der Waals surface area contributed by atoms with Crippen LogP contribution in [0.1, 0.15) is 23.2 Å². The molecule has 1 unspecified atom stereocenters. The summed E-state index contributed by atoms with van der Waals surface area (Å²) in [4.78, 5) is 5.45. The van der Waals surface area contributed by atoms with E-state index in [1.165, 1.54) is 0 Å². The zero-order chi connectivity index (χ0) is 13.0. The number of hydrogen-bond acceptors (Lipinski definition) is 5. The molecule has 98 valence electrons. The van der Waals surface area contributed by atoms with Gasteiger partial charge in [-0.05, 0) is 17.9 Å². The molecule has 2 rings (SSSR count). The molecule has 0 radical (unpaired) electrons. The van der Waals surface area contributed by atoms with Crippen LogP contribution in [0.15, 0.2) is 23.8 Å². The van der Waals surface area contributed by atoms with E-state index in [2.05, 4.69) is 10.4 Å². The Hall–Kier alpha value is -1.37. The Morgan fingerprint density at radius 2 is 2.44 bits per heavy atom. The average Bonchev–Trinajstić information content (AvgIpc) is 2.99. The van der Waals surface area contributed by atoms with Crippen molar-refractivity contribution >= 4 is 11.3 Å². The molecule has 0 fully saturated rings. The molecule has 0 aliphatic rings. The summed E-state index contributed by atoms with van der Waals surface area (Å²) >= 11 is 1.65. The van der Waals surface area contributed by atoms with Gasteiger partial charge in [-0.3, -0.25) is 11.3 Å². The van der Waals surface area contributed by atoms with Gasteiger partial charge < -0.3 is 9.30 Å². The normalized spacial score (nSPS) is 12.6. The van der Waals surface area contributed by atoms with Gasteiger partial charge >= 0.3 is 0 Å². The fourth-order valence-corrected chi connectivity index (χ4v) is 2.89. The first-order valence-electron chi connectivity index (χ1n) is 5.80. The van der Waals surface area contributed by atoms with Gasteiger partial charge in [-0.25, -0.2) is 4.98 Å². The molecular formula is C12H18N4OS. The van der Waals surface area contributed by atoms with Crippen LogP contribution in [0.25, 0.3) is 0 Å². The van der Waals surface area contributed by atoms with Crippen molar-refractivity contribution in [2.24, 2.45) is 12.9 Å². The van der Waals surface area contributed by atoms with Gasteiger partial charge in [0.1, 0.15) is 11.6 Å². The number of aryl methyl sites for hydroxylation is 2. The fraction of sp³-hybridized carbons (Fsp3) is 0.417. The van der Waals surface area contributed by atoms with Crippen LogP contribution in [-0.4, -0.2) is 16.7 Å². The summed E-state index contributed by atoms with van der Waals surface area (Å²) in [5, 5.41) is 2.01. The predicted octanol–water partition coefficient (Wildman–Crippen LogP) is 1.63. The van der Waals surface area contributed by atoms with Crippen molar-refractivity contribution in [3.05, 3.63) is 34.5 Å². The fourth-order valence-electron chi connectivity index (χ4n) is 1.93. The van der Waals surface area contributed by atoms with Crippen LogP contribution in [0, 0.1) is 0 Å². The van der Waals surface area contributed by atoms with Crippen molar-refractivity contribution in [1.82, 2.24) is 15.0 Å². The molecule has 2 aromatic heterocycles. The van der Waals surface area contributed by atoms with Gasteiger partial charge in [-0.2, -0.15) is 0 Å². The summed E-state index contributed by atoms with van der Waals surface area (Å²) in [7, 11) is 3.68. The quantitative estimate of drug-likeness (QED) is 0.616. The summed E-state index contributed by atoms with van der Waals surface area (Å²) in [6.07, 6.45) is 5.52. The third-order valence-electron chi connectivity index (χ3n) is 2.97. The second kappa shape index (κ2) is 5.99. The lowest BCUT2D eigenvalue weighted by Gasteiger charge is -2.15. The molecule has 5 nitrogen and oxygen atoms in total. The minimum atomic E-state index is 0.0941. The van der Waals surface area contributed by atoms with E-state index in [1.807, 2.05) is 35.5 Å². The lowest BCUT2D eigenvalue weighted by atomic mass is 10.1. The molecule has 2 aromatic rings. The number of ether oxygens (including phenoxy) is 1. The maximum Gasteiger partial charge on any atom is 0.134 e. The Morgan fingerprint density at radius 3 is 3.06 bits per heavy atom. The second-order valence-corrected chi connectivity index (χ2v) is 5.01. The molecule has 1 atom stereocenters. The summed E-state index contributed by atoms with van der Waals surface area (Å²) in [6, 6.07) is 2.06. The maximum absolute atomic E-state index is 5.64. The smallest absolute Gasteiger partial charge is 0.134 e. The van der Waals surface area contributed by atoms with E-state index in [0.717, 1.165) is 29.3 Å². The SMILES string of the molecule is COc1ccsc1C(CCc1nccn1C)NN. The van der Waals surface area contributed by atoms with Crippen molar-refractivity contribution < 1.29 is 4.74 Å². The lowest BCUT2D eigenvalue weighted by molar-refractivity contribution is 0.400. The maximum atomic E-state index is 5.64. The molecule has 0 saturated carbocycles. The molecule has 0 aromatic carbocycles. The molecule has 0 aliphatic carbocycles. The lowest BCUT2D eigenvalue weighted by Crippen LogP contribution is -2.28. The van der Waals surface area contributed by atoms with E-state index in [0.29, 0.717) is 0 Å². The molecule has 18 heavy (non-hydrogen) atoms. The Morgan fingerprint density at radius 1 is 1.61 bits per heavy atom. The molecule has 0 amide bonds. The highest BCUT2D eigenvalue weighted by Gasteiger charge is 2.17. The first-order valence-corrected chi connectivity index (χ1v) is 6.68. The Labute approximate surface area is 111 Å². The summed E-state index contributed by atoms with van der Waals surface area (Å²) in [5.41, 5.74) is 2.85. The van der Waals surface area contributed by atoms with Crippen LogP contribution >= 0.6 is 11.3 Å². The standard InChI is InChI=1S/C12H18N4OS/c1-16-7-6-14-11(16)4-3-9(15-13)12-10(17-2)5-8-18-12/h5-9,15H,3-4,13H2,1-2H3. The van der Waals surface area contributed by atoms with Crippen molar-refractivity contribution in [2.75, 3.05) is 7.11 Å². The van der Waals surface area contributed by atoms with Gasteiger partial charge in [0, 0.05) is 25.9 Å². The van der Waals surface area contributed by atoms with Gasteiger partial charge in [-0.15, -0.1) is 11.3 Å². The van der Waals surface area contributed by atoms with Crippen LogP contribution in [0.5, 0.6) is 5.75 Å². The highest BCUT2D eigenvalue weighted by Crippen LogP contribution is 2.32. The van der Waals surface area contributed by atoms with Crippen LogP contribution < -0.4 is 16.0 Å². The molecule has 0 saturated heterocycles. The van der Waals surface area contributed by atoms with E-state index in [4.69, 9.17) is 10.6 Å². The van der Waals surface area contributed by atoms with Gasteiger partial charge in [0.2, 0.25) is 0 Å². The molecule has 6 heteroatoms. The minimum Gasteiger partial charge on any atom is -0.496 e. The number of imidazole rings is 1. The number of hydrazine groups is 1. The van der Waals surface area contributed by atoms with E-state index in [-0.39, 0.29) is 6.04 Å². The van der Waals surface area contributed by atoms with Crippen molar-refractivity contribution in [1.29, 1.82) is 0 Å².